The third-order valence-electron chi connectivity index (χ3n) is 21.9. The van der Waals surface area contributed by atoms with Gasteiger partial charge in [-0.15, -0.1) is 23.1 Å². The number of benzene rings is 6. The van der Waals surface area contributed by atoms with Crippen LogP contribution in [0.25, 0.3) is 10.1 Å². The summed E-state index contributed by atoms with van der Waals surface area (Å²) in [5.74, 6) is -19.7. The Kier molecular flexibility index (Phi) is 38.7. The van der Waals surface area contributed by atoms with Crippen molar-refractivity contribution in [3.8, 4) is 11.5 Å². The lowest BCUT2D eigenvalue weighted by atomic mass is 9.98. The fraction of sp³-hybridized carbons (Fsp3) is 0.402. The number of carbonyl (C=O) groups is 17. The topological polar surface area (TPSA) is 522 Å². The minimum absolute atomic E-state index is 0.00976. The van der Waals surface area contributed by atoms with Gasteiger partial charge in [-0.1, -0.05) is 167 Å². The molecule has 1 saturated heterocycles. The van der Waals surface area contributed by atoms with Gasteiger partial charge in [0.1, 0.15) is 78.0 Å². The summed E-state index contributed by atoms with van der Waals surface area (Å²) in [7, 11) is 6.43. The van der Waals surface area contributed by atoms with Crippen molar-refractivity contribution in [1.29, 1.82) is 0 Å². The number of carboxylic acid groups (broad SMARTS) is 2. The van der Waals surface area contributed by atoms with Crippen molar-refractivity contribution in [2.75, 3.05) is 66.4 Å². The van der Waals surface area contributed by atoms with Crippen molar-refractivity contribution in [2.24, 2.45) is 11.7 Å². The standard InChI is InChI=1S/C92H113N15O21S2/c1-9-10-29-71-90(126)104(5)50-77(112)96-67(47-80(116)117)86(122)102-81(54(2)3)92(128)106(7)72(44-56-24-16-12-17-25-56)87(123)100-68(43-59-33-37-62(109)38-34-59)88(124)103(4)49-76(111)95-66(46-60-51-130-74-30-21-20-28-63(60)74)85(121)99-65(41-58-31-35-61(108)36-32-58)84(120)98-64(39-40-79(114)115)83(119)101-70(82(118)94-48-75(93)110)52-129-53-78(113)97-69(42-55-22-14-11-15-23-55)89(125)107(8)73(91(127)105(71)6)45-57-26-18-13-19-27-57/h11-28,30-38,51,54,64-73,81,108-109H,9-10,29,39-50,52-53H2,1-8H3,(H2,93,110)(H,94,118)(H,95,111)(H,96,112)(H,97,113)(H,98,120)(H,99,121)(H,100,123)(H,101,119)(H,102,122)(H,114,115)(H,116,117)/t64-,65+,66-,67-,68-,69-,70-,71-,72-,73-,81-/m0/s1. The molecule has 2 heterocycles. The van der Waals surface area contributed by atoms with Crippen LogP contribution in [0.4, 0.5) is 0 Å². The van der Waals surface area contributed by atoms with Crippen LogP contribution in [0.1, 0.15) is 92.7 Å². The van der Waals surface area contributed by atoms with Gasteiger partial charge in [0.15, 0.2) is 0 Å². The number of rotatable bonds is 24. The van der Waals surface area contributed by atoms with E-state index in [1.165, 1.54) is 95.1 Å². The molecule has 694 valence electrons. The van der Waals surface area contributed by atoms with E-state index in [1.54, 1.807) is 128 Å². The van der Waals surface area contributed by atoms with Crippen LogP contribution in [0.5, 0.6) is 11.5 Å². The highest BCUT2D eigenvalue weighted by Crippen LogP contribution is 2.28. The molecule has 0 unspecified atom stereocenters. The van der Waals surface area contributed by atoms with Gasteiger partial charge in [0, 0.05) is 90.6 Å². The minimum Gasteiger partial charge on any atom is -0.508 e. The van der Waals surface area contributed by atoms with Crippen molar-refractivity contribution in [3.63, 3.8) is 0 Å². The highest BCUT2D eigenvalue weighted by atomic mass is 32.2. The summed E-state index contributed by atoms with van der Waals surface area (Å²) in [6.07, 6.45) is -3.19. The van der Waals surface area contributed by atoms with Crippen molar-refractivity contribution < 1.29 is 102 Å². The maximum Gasteiger partial charge on any atom is 0.305 e. The van der Waals surface area contributed by atoms with Crippen LogP contribution in [0.3, 0.4) is 0 Å². The van der Waals surface area contributed by atoms with E-state index in [1.807, 2.05) is 13.0 Å². The number of phenolic OH excluding ortho intramolecular Hbond substituents is 2. The fourth-order valence-corrected chi connectivity index (χ4v) is 16.5. The van der Waals surface area contributed by atoms with E-state index in [0.29, 0.717) is 51.6 Å². The van der Waals surface area contributed by atoms with E-state index in [2.05, 4.69) is 47.9 Å². The highest BCUT2D eigenvalue weighted by molar-refractivity contribution is 8.00. The number of nitrogens with two attached hydrogens (primary N) is 1. The van der Waals surface area contributed by atoms with Crippen LogP contribution in [-0.4, -0.2) is 278 Å². The van der Waals surface area contributed by atoms with Crippen LogP contribution in [0, 0.1) is 5.92 Å². The van der Waals surface area contributed by atoms with Gasteiger partial charge in [-0.3, -0.25) is 81.5 Å². The molecule has 1 aromatic heterocycles. The Morgan fingerprint density at radius 3 is 1.43 bits per heavy atom. The Bertz CT molecular complexity index is 5150. The molecule has 15 N–H and O–H groups in total. The highest BCUT2D eigenvalue weighted by Gasteiger charge is 2.42. The van der Waals surface area contributed by atoms with Crippen LogP contribution < -0.4 is 53.6 Å². The monoisotopic (exact) mass is 1830 g/mol. The SMILES string of the molecule is CCCC[C@H]1C(=O)N(C)CC(=O)N[C@@H](CC(=O)O)C(=O)N[C@@H](C(C)C)C(=O)N(C)[C@@H](Cc2ccccc2)C(=O)N[C@@H](Cc2ccc(O)cc2)C(=O)N(C)CC(=O)N[C@@H](Cc2csc3ccccc23)C(=O)N[C@H](Cc2ccc(O)cc2)C(=O)N[C@@H](CCC(=O)O)C(=O)N[C@H](C(=O)NCC(N)=O)CSCC(=O)N[C@@H](Cc2ccccc2)C(=O)N(C)[C@@H](Cc2ccccc2)C(=O)N1C. The Morgan fingerprint density at radius 1 is 0.446 bits per heavy atom. The largest absolute Gasteiger partial charge is 0.508 e. The van der Waals surface area contributed by atoms with Gasteiger partial charge in [-0.25, -0.2) is 0 Å². The Hall–Kier alpha value is -13.8. The molecule has 0 bridgehead atoms. The molecular weight excluding hydrogens is 1720 g/mol. The molecule has 7 aromatic rings. The number of thioether (sulfide) groups is 1. The molecule has 1 aliphatic heterocycles. The quantitative estimate of drug-likeness (QED) is 0.0411. The van der Waals surface area contributed by atoms with Crippen LogP contribution >= 0.6 is 23.1 Å². The Morgan fingerprint density at radius 2 is 0.892 bits per heavy atom. The van der Waals surface area contributed by atoms with Gasteiger partial charge in [-0.05, 0) is 93.2 Å². The third kappa shape index (κ3) is 30.7. The molecule has 0 spiro atoms. The van der Waals surface area contributed by atoms with E-state index in [0.717, 1.165) is 41.0 Å². The smallest absolute Gasteiger partial charge is 0.305 e. The normalized spacial score (nSPS) is 21.7. The number of aromatic hydroxyl groups is 2. The number of thiophene rings is 1. The number of hydrogen-bond donors (Lipinski definition) is 14. The minimum atomic E-state index is -1.92. The molecule has 6 aromatic carbocycles. The molecule has 0 saturated carbocycles. The maximum absolute atomic E-state index is 15.5. The lowest BCUT2D eigenvalue weighted by Gasteiger charge is -2.37. The average molecular weight is 1830 g/mol. The van der Waals surface area contributed by atoms with Crippen molar-refractivity contribution in [3.05, 3.63) is 203 Å². The summed E-state index contributed by atoms with van der Waals surface area (Å²) < 4.78 is 0.779. The molecule has 1 fully saturated rings. The lowest BCUT2D eigenvalue weighted by Crippen LogP contribution is -2.61. The zero-order valence-electron chi connectivity index (χ0n) is 73.5. The molecule has 0 aliphatic carbocycles. The first kappa shape index (κ1) is 102. The second-order valence-electron chi connectivity index (χ2n) is 32.3. The molecule has 1 aliphatic rings. The number of nitrogens with one attached hydrogen (secondary N) is 9. The van der Waals surface area contributed by atoms with E-state index in [-0.39, 0.29) is 50.0 Å². The molecule has 36 nitrogen and oxygen atoms in total. The predicted octanol–water partition coefficient (Wildman–Crippen LogP) is 1.88. The number of hydrogen-bond acceptors (Lipinski definition) is 21. The van der Waals surface area contributed by atoms with Crippen LogP contribution in [0.15, 0.2) is 169 Å². The average Bonchev–Trinajstić information content (AvgIpc) is 0.953. The summed E-state index contributed by atoms with van der Waals surface area (Å²) in [4.78, 5) is 252. The summed E-state index contributed by atoms with van der Waals surface area (Å²) in [5.41, 5.74) is 8.26. The van der Waals surface area contributed by atoms with Gasteiger partial charge >= 0.3 is 11.9 Å². The summed E-state index contributed by atoms with van der Waals surface area (Å²) in [6, 6.07) is 25.8. The van der Waals surface area contributed by atoms with E-state index in [9.17, 15) is 68.4 Å². The summed E-state index contributed by atoms with van der Waals surface area (Å²) in [5, 5.41) is 66.7. The molecule has 11 atom stereocenters. The number of carboxylic acids is 2. The first-order chi connectivity index (χ1) is 61.9. The number of phenols is 2. The predicted molar refractivity (Wildman–Crippen MR) is 483 cm³/mol. The van der Waals surface area contributed by atoms with E-state index < -0.39 is 230 Å². The number of aliphatic carboxylic acids is 2. The van der Waals surface area contributed by atoms with E-state index >= 15 is 33.6 Å². The molecule has 130 heavy (non-hydrogen) atoms. The molecule has 38 heteroatoms. The van der Waals surface area contributed by atoms with Crippen LogP contribution in [0.2, 0.25) is 0 Å². The first-order valence-electron chi connectivity index (χ1n) is 42.3. The second kappa shape index (κ2) is 49.5. The molecule has 0 radical (unpaired) electrons. The second-order valence-corrected chi connectivity index (χ2v) is 34.2. The maximum atomic E-state index is 15.5. The zero-order valence-corrected chi connectivity index (χ0v) is 75.1. The lowest BCUT2D eigenvalue weighted by molar-refractivity contribution is -0.151. The number of carbonyl (C=O) groups excluding carboxylic acids is 15. The van der Waals surface area contributed by atoms with Crippen LogP contribution in [-0.2, 0) is 120 Å². The van der Waals surface area contributed by atoms with Gasteiger partial charge in [0.25, 0.3) is 0 Å². The third-order valence-corrected chi connectivity index (χ3v) is 23.9. The van der Waals surface area contributed by atoms with Gasteiger partial charge in [0.2, 0.25) is 88.6 Å². The number of fused-ring (bicyclic) bond motifs is 1. The Labute approximate surface area is 760 Å². The van der Waals surface area contributed by atoms with E-state index in [4.69, 9.17) is 5.73 Å². The zero-order chi connectivity index (χ0) is 95.0. The number of unbranched alkanes of at least 4 members (excludes halogenated alkanes) is 1. The number of primary amides is 1. The van der Waals surface area contributed by atoms with Gasteiger partial charge in [-0.2, -0.15) is 0 Å². The fourth-order valence-electron chi connectivity index (χ4n) is 14.7. The number of amides is 15. The molecule has 8 rings (SSSR count). The summed E-state index contributed by atoms with van der Waals surface area (Å²) in [6.45, 7) is 2.51. The number of nitrogens with zero attached hydrogens (tertiary/aromatic N) is 5. The molecular formula is C92H113N15O21S2. The van der Waals surface area contributed by atoms with Gasteiger partial charge in [0.05, 0.1) is 31.8 Å². The van der Waals surface area contributed by atoms with Crippen molar-refractivity contribution >= 4 is 134 Å². The number of likely N-dealkylation sites (N-methyl/N-ethyl adjacent to an activating group) is 5. The van der Waals surface area contributed by atoms with Crippen molar-refractivity contribution in [1.82, 2.24) is 72.4 Å². The van der Waals surface area contributed by atoms with Crippen molar-refractivity contribution in [2.45, 2.75) is 164 Å². The molecule has 15 amide bonds. The van der Waals surface area contributed by atoms with Gasteiger partial charge < -0.3 is 98.5 Å². The summed E-state index contributed by atoms with van der Waals surface area (Å²) >= 11 is 2.05. The first-order valence-corrected chi connectivity index (χ1v) is 44.3. The Balaban J connectivity index is 1.22.